The number of alkyl halides is 5. The monoisotopic (exact) mass is 495 g/mol. The molecular formula is C16H23F5IN3O. The van der Waals surface area contributed by atoms with Crippen LogP contribution in [0.3, 0.4) is 0 Å². The predicted molar refractivity (Wildman–Crippen MR) is 101 cm³/mol. The fourth-order valence-corrected chi connectivity index (χ4v) is 2.16. The molecule has 1 N–H and O–H groups in total. The highest BCUT2D eigenvalue weighted by molar-refractivity contribution is 14.0. The van der Waals surface area contributed by atoms with Gasteiger partial charge in [-0.15, -0.1) is 24.0 Å². The van der Waals surface area contributed by atoms with Crippen molar-refractivity contribution >= 4 is 29.9 Å². The van der Waals surface area contributed by atoms with Crippen LogP contribution in [0.2, 0.25) is 0 Å². The van der Waals surface area contributed by atoms with E-state index in [1.165, 1.54) is 12.1 Å². The molecule has 150 valence electrons. The second-order valence-corrected chi connectivity index (χ2v) is 5.42. The van der Waals surface area contributed by atoms with Gasteiger partial charge in [-0.05, 0) is 30.5 Å². The van der Waals surface area contributed by atoms with Crippen LogP contribution in [0, 0.1) is 0 Å². The number of rotatable bonds is 8. The zero-order chi connectivity index (χ0) is 18.9. The molecule has 0 unspecified atom stereocenters. The van der Waals surface area contributed by atoms with E-state index in [2.05, 4.69) is 15.0 Å². The third-order valence-corrected chi connectivity index (χ3v) is 3.31. The van der Waals surface area contributed by atoms with Crippen LogP contribution in [-0.2, 0) is 6.54 Å². The van der Waals surface area contributed by atoms with Crippen LogP contribution in [0.5, 0.6) is 5.75 Å². The van der Waals surface area contributed by atoms with E-state index in [9.17, 15) is 22.0 Å². The SMILES string of the molecule is CN=C(NCCCCC(F)(F)F)N(C)Cc1ccc(OC(F)F)cc1.I. The average molecular weight is 495 g/mol. The Balaban J connectivity index is 0.00000625. The quantitative estimate of drug-likeness (QED) is 0.188. The van der Waals surface area contributed by atoms with E-state index in [1.807, 2.05) is 0 Å². The Morgan fingerprint density at radius 2 is 1.81 bits per heavy atom. The number of nitrogens with zero attached hydrogens (tertiary/aromatic N) is 2. The van der Waals surface area contributed by atoms with Crippen LogP contribution < -0.4 is 10.1 Å². The second-order valence-electron chi connectivity index (χ2n) is 5.42. The molecule has 0 saturated heterocycles. The van der Waals surface area contributed by atoms with Crippen LogP contribution in [0.15, 0.2) is 29.3 Å². The molecule has 0 heterocycles. The zero-order valence-electron chi connectivity index (χ0n) is 14.5. The van der Waals surface area contributed by atoms with Gasteiger partial charge in [0.2, 0.25) is 0 Å². The molecule has 0 aliphatic heterocycles. The topological polar surface area (TPSA) is 36.9 Å². The van der Waals surface area contributed by atoms with Crippen molar-refractivity contribution in [2.75, 3.05) is 20.6 Å². The Morgan fingerprint density at radius 1 is 1.19 bits per heavy atom. The number of ether oxygens (including phenoxy) is 1. The number of hydrogen-bond donors (Lipinski definition) is 1. The van der Waals surface area contributed by atoms with E-state index in [0.717, 1.165) is 5.56 Å². The summed E-state index contributed by atoms with van der Waals surface area (Å²) < 4.78 is 64.7. The molecule has 0 saturated carbocycles. The van der Waals surface area contributed by atoms with Crippen molar-refractivity contribution in [3.8, 4) is 5.75 Å². The summed E-state index contributed by atoms with van der Waals surface area (Å²) in [5, 5.41) is 3.00. The second kappa shape index (κ2) is 12.1. The van der Waals surface area contributed by atoms with Gasteiger partial charge in [0.1, 0.15) is 5.75 Å². The summed E-state index contributed by atoms with van der Waals surface area (Å²) in [5.41, 5.74) is 0.851. The number of guanidine groups is 1. The van der Waals surface area contributed by atoms with Gasteiger partial charge in [0.25, 0.3) is 0 Å². The molecule has 4 nitrogen and oxygen atoms in total. The summed E-state index contributed by atoms with van der Waals surface area (Å²) in [6.07, 6.45) is -4.48. The van der Waals surface area contributed by atoms with Crippen LogP contribution >= 0.6 is 24.0 Å². The van der Waals surface area contributed by atoms with Crippen molar-refractivity contribution in [3.63, 3.8) is 0 Å². The maximum atomic E-state index is 12.1. The number of hydrogen-bond acceptors (Lipinski definition) is 2. The first-order valence-corrected chi connectivity index (χ1v) is 7.73. The molecule has 0 amide bonds. The Kier molecular flexibility index (Phi) is 11.5. The van der Waals surface area contributed by atoms with Gasteiger partial charge < -0.3 is 15.0 Å². The number of aliphatic imine (C=N–C) groups is 1. The fourth-order valence-electron chi connectivity index (χ4n) is 2.16. The first-order chi connectivity index (χ1) is 11.7. The Bertz CT molecular complexity index is 538. The minimum absolute atomic E-state index is 0. The van der Waals surface area contributed by atoms with Crippen LogP contribution in [0.25, 0.3) is 0 Å². The highest BCUT2D eigenvalue weighted by Gasteiger charge is 2.25. The largest absolute Gasteiger partial charge is 0.435 e. The number of halogens is 6. The lowest BCUT2D eigenvalue weighted by Crippen LogP contribution is -2.38. The molecule has 26 heavy (non-hydrogen) atoms. The molecule has 0 atom stereocenters. The predicted octanol–water partition coefficient (Wildman–Crippen LogP) is 4.65. The lowest BCUT2D eigenvalue weighted by Gasteiger charge is -2.22. The highest BCUT2D eigenvalue weighted by Crippen LogP contribution is 2.21. The van der Waals surface area contributed by atoms with Gasteiger partial charge in [0.05, 0.1) is 0 Å². The molecule has 0 aromatic heterocycles. The van der Waals surface area contributed by atoms with Gasteiger partial charge in [-0.25, -0.2) is 0 Å². The third-order valence-electron chi connectivity index (χ3n) is 3.31. The van der Waals surface area contributed by atoms with E-state index in [-0.39, 0.29) is 36.1 Å². The van der Waals surface area contributed by atoms with Crippen molar-refractivity contribution in [2.45, 2.75) is 38.6 Å². The molecule has 1 aromatic rings. The summed E-state index contributed by atoms with van der Waals surface area (Å²) in [5.74, 6) is 0.619. The zero-order valence-corrected chi connectivity index (χ0v) is 16.9. The summed E-state index contributed by atoms with van der Waals surface area (Å²) in [6, 6.07) is 6.21. The molecule has 0 spiro atoms. The maximum Gasteiger partial charge on any atom is 0.389 e. The van der Waals surface area contributed by atoms with Crippen LogP contribution in [0.4, 0.5) is 22.0 Å². The van der Waals surface area contributed by atoms with Gasteiger partial charge in [0, 0.05) is 33.6 Å². The van der Waals surface area contributed by atoms with Gasteiger partial charge in [-0.2, -0.15) is 22.0 Å². The minimum Gasteiger partial charge on any atom is -0.435 e. The molecule has 0 radical (unpaired) electrons. The summed E-state index contributed by atoms with van der Waals surface area (Å²) in [6.45, 7) is -2.03. The molecule has 10 heteroatoms. The first kappa shape index (κ1) is 24.7. The van der Waals surface area contributed by atoms with E-state index in [0.29, 0.717) is 25.5 Å². The highest BCUT2D eigenvalue weighted by atomic mass is 127. The molecule has 0 aliphatic rings. The van der Waals surface area contributed by atoms with Gasteiger partial charge in [0.15, 0.2) is 5.96 Å². The molecule has 1 rings (SSSR count). The van der Waals surface area contributed by atoms with Gasteiger partial charge >= 0.3 is 12.8 Å². The Morgan fingerprint density at radius 3 is 2.31 bits per heavy atom. The van der Waals surface area contributed by atoms with Crippen LogP contribution in [0.1, 0.15) is 24.8 Å². The van der Waals surface area contributed by atoms with Crippen LogP contribution in [-0.4, -0.2) is 44.3 Å². The summed E-state index contributed by atoms with van der Waals surface area (Å²) in [4.78, 5) is 5.86. The van der Waals surface area contributed by atoms with Crippen molar-refractivity contribution < 1.29 is 26.7 Å². The van der Waals surface area contributed by atoms with Gasteiger partial charge in [-0.3, -0.25) is 4.99 Å². The van der Waals surface area contributed by atoms with E-state index in [1.54, 1.807) is 31.1 Å². The van der Waals surface area contributed by atoms with E-state index in [4.69, 9.17) is 0 Å². The average Bonchev–Trinajstić information content (AvgIpc) is 2.51. The summed E-state index contributed by atoms with van der Waals surface area (Å²) in [7, 11) is 3.35. The lowest BCUT2D eigenvalue weighted by molar-refractivity contribution is -0.135. The van der Waals surface area contributed by atoms with Crippen molar-refractivity contribution in [1.82, 2.24) is 10.2 Å². The number of benzene rings is 1. The fraction of sp³-hybridized carbons (Fsp3) is 0.562. The maximum absolute atomic E-state index is 12.1. The number of unbranched alkanes of at least 4 members (excludes halogenated alkanes) is 1. The number of nitrogens with one attached hydrogen (secondary N) is 1. The molecule has 0 bridgehead atoms. The smallest absolute Gasteiger partial charge is 0.389 e. The molecular weight excluding hydrogens is 472 g/mol. The Hall–Kier alpha value is -1.33. The Labute approximate surface area is 166 Å². The first-order valence-electron chi connectivity index (χ1n) is 7.73. The van der Waals surface area contributed by atoms with E-state index < -0.39 is 19.2 Å². The normalized spacial score (nSPS) is 11.9. The third kappa shape index (κ3) is 10.6. The molecule has 1 aromatic carbocycles. The van der Waals surface area contributed by atoms with Crippen molar-refractivity contribution in [2.24, 2.45) is 4.99 Å². The van der Waals surface area contributed by atoms with Crippen molar-refractivity contribution in [1.29, 1.82) is 0 Å². The summed E-state index contributed by atoms with van der Waals surface area (Å²) >= 11 is 0. The lowest BCUT2D eigenvalue weighted by atomic mass is 10.2. The molecule has 0 fully saturated rings. The van der Waals surface area contributed by atoms with Crippen molar-refractivity contribution in [3.05, 3.63) is 29.8 Å². The van der Waals surface area contributed by atoms with E-state index >= 15 is 0 Å². The molecule has 0 aliphatic carbocycles. The minimum atomic E-state index is -4.13. The van der Waals surface area contributed by atoms with Gasteiger partial charge in [-0.1, -0.05) is 12.1 Å². The standard InChI is InChI=1S/C16H22F5N3O.HI/c1-22-15(23-10-4-3-9-16(19,20)21)24(2)11-12-5-7-13(8-6-12)25-14(17)18;/h5-8,14H,3-4,9-11H2,1-2H3,(H,22,23);1H.